The number of amides is 1. The fourth-order valence-electron chi connectivity index (χ4n) is 4.80. The van der Waals surface area contributed by atoms with Gasteiger partial charge >= 0.3 is 0 Å². The number of anilines is 1. The Balaban J connectivity index is 0.00000152. The third kappa shape index (κ3) is 6.27. The maximum atomic E-state index is 13.8. The number of rotatable bonds is 4. The Hall–Kier alpha value is -1.58. The lowest BCUT2D eigenvalue weighted by Crippen LogP contribution is -2.52. The summed E-state index contributed by atoms with van der Waals surface area (Å²) < 4.78 is 0. The van der Waals surface area contributed by atoms with Crippen LogP contribution in [0, 0.1) is 0 Å². The van der Waals surface area contributed by atoms with Crippen molar-refractivity contribution in [1.82, 2.24) is 19.8 Å². The molecule has 0 aliphatic carbocycles. The summed E-state index contributed by atoms with van der Waals surface area (Å²) in [5.74, 6) is 0.994. The molecule has 2 N–H and O–H groups in total. The predicted octanol–water partition coefficient (Wildman–Crippen LogP) is 4.62. The van der Waals surface area contributed by atoms with Crippen LogP contribution in [0.25, 0.3) is 10.9 Å². The van der Waals surface area contributed by atoms with E-state index in [9.17, 15) is 4.79 Å². The number of fused-ring (bicyclic) bond motifs is 1. The van der Waals surface area contributed by atoms with E-state index in [0.29, 0.717) is 42.8 Å². The number of hydrogen-bond acceptors (Lipinski definition) is 6. The van der Waals surface area contributed by atoms with Crippen LogP contribution in [0.1, 0.15) is 18.0 Å². The molecule has 2 atom stereocenters. The van der Waals surface area contributed by atoms with Crippen molar-refractivity contribution in [1.29, 1.82) is 0 Å². The van der Waals surface area contributed by atoms with Crippen molar-refractivity contribution in [2.75, 3.05) is 44.2 Å². The number of piperazine rings is 1. The van der Waals surface area contributed by atoms with Gasteiger partial charge in [-0.3, -0.25) is 9.69 Å². The molecule has 1 aromatic heterocycles. The molecular formula is C24H29Cl5N6O. The van der Waals surface area contributed by atoms with Gasteiger partial charge < -0.3 is 15.5 Å². The number of para-hydroxylation sites is 1. The van der Waals surface area contributed by atoms with E-state index in [2.05, 4.69) is 19.8 Å². The lowest BCUT2D eigenvalue weighted by molar-refractivity contribution is -0.137. The zero-order chi connectivity index (χ0) is 22.9. The van der Waals surface area contributed by atoms with Crippen molar-refractivity contribution in [3.8, 4) is 0 Å². The molecule has 2 aliphatic rings. The highest BCUT2D eigenvalue weighted by Crippen LogP contribution is 2.32. The Kier molecular flexibility index (Phi) is 11.3. The molecule has 3 heterocycles. The molecule has 0 saturated carbocycles. The first-order chi connectivity index (χ1) is 16.0. The summed E-state index contributed by atoms with van der Waals surface area (Å²) in [4.78, 5) is 29.0. The summed E-state index contributed by atoms with van der Waals surface area (Å²) in [6.07, 6.45) is 2.48. The Morgan fingerprint density at radius 3 is 2.33 bits per heavy atom. The minimum atomic E-state index is -0.417. The summed E-state index contributed by atoms with van der Waals surface area (Å²) in [5, 5.41) is 1.96. The molecule has 3 aromatic rings. The first-order valence-electron chi connectivity index (χ1n) is 11.2. The molecule has 36 heavy (non-hydrogen) atoms. The van der Waals surface area contributed by atoms with Crippen LogP contribution in [-0.2, 0) is 4.79 Å². The average molecular weight is 595 g/mol. The zero-order valence-corrected chi connectivity index (χ0v) is 23.4. The highest BCUT2D eigenvalue weighted by molar-refractivity contribution is 6.42. The second kappa shape index (κ2) is 13.3. The fraction of sp³-hybridized carbons (Fsp3) is 0.375. The van der Waals surface area contributed by atoms with Crippen molar-refractivity contribution in [2.45, 2.75) is 18.5 Å². The summed E-state index contributed by atoms with van der Waals surface area (Å²) >= 11 is 12.4. The van der Waals surface area contributed by atoms with Gasteiger partial charge in [-0.05, 0) is 36.2 Å². The summed E-state index contributed by atoms with van der Waals surface area (Å²) in [5.41, 5.74) is 7.95. The van der Waals surface area contributed by atoms with Crippen LogP contribution >= 0.6 is 60.4 Å². The van der Waals surface area contributed by atoms with Crippen LogP contribution in [-0.4, -0.2) is 71.0 Å². The number of carbonyl (C=O) groups is 1. The highest BCUT2D eigenvalue weighted by atomic mass is 35.5. The molecule has 0 spiro atoms. The summed E-state index contributed by atoms with van der Waals surface area (Å²) in [6, 6.07) is 13.1. The van der Waals surface area contributed by atoms with Crippen molar-refractivity contribution >= 4 is 83.1 Å². The maximum Gasteiger partial charge on any atom is 0.244 e. The second-order valence-electron chi connectivity index (χ2n) is 8.65. The number of aromatic nitrogens is 2. The van der Waals surface area contributed by atoms with E-state index in [1.807, 2.05) is 35.2 Å². The highest BCUT2D eigenvalue weighted by Gasteiger charge is 2.36. The van der Waals surface area contributed by atoms with Crippen molar-refractivity contribution in [3.63, 3.8) is 0 Å². The number of likely N-dealkylation sites (tertiary alicyclic amines) is 1. The molecule has 0 radical (unpaired) electrons. The van der Waals surface area contributed by atoms with Gasteiger partial charge in [0.15, 0.2) is 0 Å². The van der Waals surface area contributed by atoms with E-state index in [1.54, 1.807) is 18.5 Å². The van der Waals surface area contributed by atoms with E-state index in [0.717, 1.165) is 35.2 Å². The lowest BCUT2D eigenvalue weighted by Gasteiger charge is -2.39. The van der Waals surface area contributed by atoms with Crippen molar-refractivity contribution in [2.24, 2.45) is 5.73 Å². The fourth-order valence-corrected chi connectivity index (χ4v) is 5.10. The van der Waals surface area contributed by atoms with E-state index in [-0.39, 0.29) is 49.2 Å². The monoisotopic (exact) mass is 592 g/mol. The van der Waals surface area contributed by atoms with Gasteiger partial charge in [0.25, 0.3) is 0 Å². The van der Waals surface area contributed by atoms with E-state index >= 15 is 0 Å². The number of hydrogen-bond donors (Lipinski definition) is 1. The molecule has 2 fully saturated rings. The zero-order valence-electron chi connectivity index (χ0n) is 19.4. The Morgan fingerprint density at radius 2 is 1.67 bits per heavy atom. The van der Waals surface area contributed by atoms with E-state index in [1.165, 1.54) is 0 Å². The van der Waals surface area contributed by atoms with Crippen LogP contribution in [0.2, 0.25) is 10.0 Å². The van der Waals surface area contributed by atoms with Crippen molar-refractivity contribution < 1.29 is 4.79 Å². The quantitative estimate of drug-likeness (QED) is 0.475. The van der Waals surface area contributed by atoms with Crippen LogP contribution in [0.5, 0.6) is 0 Å². The summed E-state index contributed by atoms with van der Waals surface area (Å²) in [7, 11) is 0. The normalized spacial score (nSPS) is 18.7. The predicted molar refractivity (Wildman–Crippen MR) is 153 cm³/mol. The Labute approximate surface area is 239 Å². The van der Waals surface area contributed by atoms with Gasteiger partial charge in [-0.15, -0.1) is 37.2 Å². The van der Waals surface area contributed by atoms with Gasteiger partial charge in [0.05, 0.1) is 15.6 Å². The topological polar surface area (TPSA) is 78.6 Å². The molecule has 5 rings (SSSR count). The largest absolute Gasteiger partial charge is 0.352 e. The van der Waals surface area contributed by atoms with Crippen LogP contribution in [0.3, 0.4) is 0 Å². The van der Waals surface area contributed by atoms with Gasteiger partial charge in [0.1, 0.15) is 18.2 Å². The van der Waals surface area contributed by atoms with Gasteiger partial charge in [-0.1, -0.05) is 41.4 Å². The lowest BCUT2D eigenvalue weighted by atomic mass is 10.0. The third-order valence-electron chi connectivity index (χ3n) is 6.53. The van der Waals surface area contributed by atoms with Gasteiger partial charge in [0.2, 0.25) is 5.91 Å². The molecule has 7 nitrogen and oxygen atoms in total. The molecule has 0 unspecified atom stereocenters. The van der Waals surface area contributed by atoms with Gasteiger partial charge in [-0.2, -0.15) is 0 Å². The first kappa shape index (κ1) is 30.6. The minimum Gasteiger partial charge on any atom is -0.352 e. The average Bonchev–Trinajstić information content (AvgIpc) is 3.26. The number of benzene rings is 2. The molecule has 12 heteroatoms. The number of carbonyl (C=O) groups excluding carboxylic acids is 1. The Bertz CT molecular complexity index is 1170. The second-order valence-corrected chi connectivity index (χ2v) is 9.46. The minimum absolute atomic E-state index is 0. The number of halogens is 5. The number of nitrogens with two attached hydrogens (primary N) is 1. The standard InChI is InChI=1S/C24H26Cl2N6O.3ClH/c25-19-6-5-16(13-20(19)26)22(32-8-7-17(27)14-32)24(33)31-11-9-30(10-12-31)23-18-3-1-2-4-21(18)28-15-29-23;;;/h1-6,13,15,17,22H,7-12,14,27H2;3*1H/t17-,22+;;;/m1.../s1. The Morgan fingerprint density at radius 1 is 0.944 bits per heavy atom. The van der Waals surface area contributed by atoms with Crippen LogP contribution in [0.4, 0.5) is 5.82 Å². The molecule has 2 aromatic carbocycles. The van der Waals surface area contributed by atoms with E-state index < -0.39 is 6.04 Å². The van der Waals surface area contributed by atoms with Crippen LogP contribution in [0.15, 0.2) is 48.8 Å². The molecular weight excluding hydrogens is 566 g/mol. The van der Waals surface area contributed by atoms with Gasteiger partial charge in [0, 0.05) is 50.7 Å². The smallest absolute Gasteiger partial charge is 0.244 e. The van der Waals surface area contributed by atoms with E-state index in [4.69, 9.17) is 28.9 Å². The van der Waals surface area contributed by atoms with Gasteiger partial charge in [-0.25, -0.2) is 9.97 Å². The SMILES string of the molecule is Cl.Cl.Cl.N[C@@H]1CCN([C@H](C(=O)N2CCN(c3ncnc4ccccc34)CC2)c2ccc(Cl)c(Cl)c2)C1. The molecule has 196 valence electrons. The molecule has 0 bridgehead atoms. The molecule has 2 saturated heterocycles. The third-order valence-corrected chi connectivity index (χ3v) is 7.27. The van der Waals surface area contributed by atoms with Crippen LogP contribution < -0.4 is 10.6 Å². The summed E-state index contributed by atoms with van der Waals surface area (Å²) in [6.45, 7) is 4.12. The first-order valence-corrected chi connectivity index (χ1v) is 11.9. The molecule has 2 aliphatic heterocycles. The number of nitrogens with zero attached hydrogens (tertiary/aromatic N) is 5. The maximum absolute atomic E-state index is 13.8. The molecule has 1 amide bonds. The van der Waals surface area contributed by atoms with Crippen molar-refractivity contribution in [3.05, 3.63) is 64.4 Å².